The summed E-state index contributed by atoms with van der Waals surface area (Å²) < 4.78 is 0. The largest absolute Gasteiger partial charge is 1.00 e. The summed E-state index contributed by atoms with van der Waals surface area (Å²) in [6.45, 7) is 5.00. The first kappa shape index (κ1) is 16.2. The number of rotatable bonds is 0. The van der Waals surface area contributed by atoms with E-state index in [0.717, 1.165) is 0 Å². The van der Waals surface area contributed by atoms with Gasteiger partial charge in [-0.25, -0.2) is 0 Å². The summed E-state index contributed by atoms with van der Waals surface area (Å²) in [5.41, 5.74) is 0. The third-order valence-corrected chi connectivity index (χ3v) is 0. The van der Waals surface area contributed by atoms with Crippen LogP contribution in [-0.2, 0) is 0 Å². The molecule has 0 aliphatic heterocycles. The molecule has 0 spiro atoms. The van der Waals surface area contributed by atoms with Crippen LogP contribution in [0.5, 0.6) is 0 Å². The van der Waals surface area contributed by atoms with Crippen LogP contribution in [0.3, 0.4) is 0 Å². The molecule has 5 heavy (non-hydrogen) atoms. The van der Waals surface area contributed by atoms with Crippen LogP contribution in [0, 0.1) is 6.92 Å². The van der Waals surface area contributed by atoms with Gasteiger partial charge in [0.25, 0.3) is 0 Å². The zero-order valence-electron chi connectivity index (χ0n) is 4.15. The van der Waals surface area contributed by atoms with Crippen molar-refractivity contribution in [1.82, 2.24) is 0 Å². The van der Waals surface area contributed by atoms with Crippen molar-refractivity contribution >= 4 is 12.6 Å². The smallest absolute Gasteiger partial charge is 0.346 e. The molecule has 0 amide bonds. The molecule has 0 atom stereocenters. The first-order valence-electron chi connectivity index (χ1n) is 1.15. The third-order valence-electron chi connectivity index (χ3n) is 0. The summed E-state index contributed by atoms with van der Waals surface area (Å²) in [6, 6.07) is 0. The molecule has 0 nitrogen and oxygen atoms in total. The Balaban J connectivity index is -0.0000000133. The average Bonchev–Trinajstić information content (AvgIpc) is 1.50. The number of thiol groups is 1. The summed E-state index contributed by atoms with van der Waals surface area (Å²) in [4.78, 5) is 0. The Bertz CT molecular complexity index is 6.85. The van der Waals surface area contributed by atoms with Crippen LogP contribution in [0.4, 0.5) is 0 Å². The van der Waals surface area contributed by atoms with Gasteiger partial charge in [0.15, 0.2) is 0 Å². The van der Waals surface area contributed by atoms with Gasteiger partial charge >= 0.3 is 29.6 Å². The molecule has 0 aromatic rings. The standard InChI is InChI=1S/C2H5.CH4S.Na/c2*1-2;/h1H2,2H3;2H,1H3;/q-1;;+1. The van der Waals surface area contributed by atoms with E-state index >= 15 is 0 Å². The summed E-state index contributed by atoms with van der Waals surface area (Å²) in [5.74, 6) is 0. The summed E-state index contributed by atoms with van der Waals surface area (Å²) >= 11 is 3.53. The Kier molecular flexibility index (Phi) is 180. The summed E-state index contributed by atoms with van der Waals surface area (Å²) in [6.07, 6.45) is 1.69. The fraction of sp³-hybridized carbons (Fsp3) is 0.667. The molecule has 0 aliphatic carbocycles. The molecule has 0 saturated heterocycles. The molecule has 0 aromatic heterocycles. The first-order chi connectivity index (χ1) is 2.00. The number of hydrogen-bond acceptors (Lipinski definition) is 1. The van der Waals surface area contributed by atoms with Crippen LogP contribution in [0.25, 0.3) is 0 Å². The van der Waals surface area contributed by atoms with Gasteiger partial charge in [0.2, 0.25) is 0 Å². The Hall–Kier alpha value is 1.35. The van der Waals surface area contributed by atoms with E-state index in [2.05, 4.69) is 19.6 Å². The van der Waals surface area contributed by atoms with Crippen LogP contribution < -0.4 is 29.6 Å². The fourth-order valence-electron chi connectivity index (χ4n) is 0. The second-order valence-corrected chi connectivity index (χ2v) is 0. The average molecular weight is 100 g/mol. The molecule has 0 rings (SSSR count). The molecule has 28 valence electrons. The maximum Gasteiger partial charge on any atom is 1.00 e. The van der Waals surface area contributed by atoms with Gasteiger partial charge in [-0.15, -0.1) is 0 Å². The minimum Gasteiger partial charge on any atom is -0.346 e. The van der Waals surface area contributed by atoms with Gasteiger partial charge in [0.1, 0.15) is 0 Å². The van der Waals surface area contributed by atoms with Crippen LogP contribution in [-0.4, -0.2) is 6.26 Å². The SMILES string of the molecule is CS.[CH2-]C.[Na+]. The van der Waals surface area contributed by atoms with E-state index in [0.29, 0.717) is 0 Å². The van der Waals surface area contributed by atoms with Gasteiger partial charge < -0.3 is 6.92 Å². The molecule has 0 fully saturated rings. The van der Waals surface area contributed by atoms with Crippen molar-refractivity contribution in [3.05, 3.63) is 6.92 Å². The van der Waals surface area contributed by atoms with E-state index < -0.39 is 0 Å². The van der Waals surface area contributed by atoms with Crippen LogP contribution in [0.15, 0.2) is 0 Å². The van der Waals surface area contributed by atoms with Crippen molar-refractivity contribution in [2.24, 2.45) is 0 Å². The molecular weight excluding hydrogens is 91.1 g/mol. The fourth-order valence-corrected chi connectivity index (χ4v) is 0. The molecule has 0 bridgehead atoms. The molecule has 0 N–H and O–H groups in total. The molecule has 0 aliphatic rings. The zero-order valence-corrected chi connectivity index (χ0v) is 7.05. The van der Waals surface area contributed by atoms with E-state index in [1.165, 1.54) is 0 Å². The number of hydrogen-bond donors (Lipinski definition) is 1. The second kappa shape index (κ2) is 55.5. The van der Waals surface area contributed by atoms with E-state index in [4.69, 9.17) is 0 Å². The maximum absolute atomic E-state index is 3.53. The van der Waals surface area contributed by atoms with Crippen molar-refractivity contribution in [3.63, 3.8) is 0 Å². The predicted molar refractivity (Wildman–Crippen MR) is 25.9 cm³/mol. The quantitative estimate of drug-likeness (QED) is 0.211. The minimum absolute atomic E-state index is 0. The maximum atomic E-state index is 3.53. The molecule has 2 heteroatoms. The molecule has 0 aromatic carbocycles. The van der Waals surface area contributed by atoms with E-state index in [9.17, 15) is 0 Å². The molecular formula is C3H9NaS. The van der Waals surface area contributed by atoms with E-state index in [1.807, 2.05) is 0 Å². The summed E-state index contributed by atoms with van der Waals surface area (Å²) in [7, 11) is 0. The Labute approximate surface area is 62.0 Å². The van der Waals surface area contributed by atoms with Gasteiger partial charge in [-0.05, 0) is 6.26 Å². The topological polar surface area (TPSA) is 0 Å². The van der Waals surface area contributed by atoms with Crippen molar-refractivity contribution in [1.29, 1.82) is 0 Å². The van der Waals surface area contributed by atoms with Crippen molar-refractivity contribution in [3.8, 4) is 0 Å². The van der Waals surface area contributed by atoms with Crippen molar-refractivity contribution in [2.75, 3.05) is 6.26 Å². The Morgan fingerprint density at radius 2 is 1.20 bits per heavy atom. The molecule has 0 heterocycles. The van der Waals surface area contributed by atoms with Crippen LogP contribution in [0.1, 0.15) is 6.92 Å². The van der Waals surface area contributed by atoms with Gasteiger partial charge in [-0.2, -0.15) is 19.6 Å². The predicted octanol–water partition coefficient (Wildman–Crippen LogP) is -1.61. The van der Waals surface area contributed by atoms with Crippen molar-refractivity contribution < 1.29 is 29.6 Å². The van der Waals surface area contributed by atoms with Gasteiger partial charge in [-0.1, -0.05) is 0 Å². The normalized spacial score (nSPS) is 2.40. The minimum atomic E-state index is 0. The van der Waals surface area contributed by atoms with Crippen molar-refractivity contribution in [2.45, 2.75) is 6.92 Å². The Morgan fingerprint density at radius 1 is 1.20 bits per heavy atom. The monoisotopic (exact) mass is 100 g/mol. The Morgan fingerprint density at radius 3 is 1.20 bits per heavy atom. The van der Waals surface area contributed by atoms with Gasteiger partial charge in [-0.3, -0.25) is 0 Å². The van der Waals surface area contributed by atoms with Crippen LogP contribution in [0.2, 0.25) is 0 Å². The zero-order chi connectivity index (χ0) is 4.00. The van der Waals surface area contributed by atoms with Gasteiger partial charge in [0, 0.05) is 0 Å². The van der Waals surface area contributed by atoms with E-state index in [1.54, 1.807) is 13.2 Å². The summed E-state index contributed by atoms with van der Waals surface area (Å²) in [5, 5.41) is 0. The van der Waals surface area contributed by atoms with Gasteiger partial charge in [0.05, 0.1) is 0 Å². The first-order valence-corrected chi connectivity index (χ1v) is 2.05. The molecule has 0 unspecified atom stereocenters. The molecule has 0 radical (unpaired) electrons. The third kappa shape index (κ3) is 32.9. The van der Waals surface area contributed by atoms with E-state index in [-0.39, 0.29) is 29.6 Å². The second-order valence-electron chi connectivity index (χ2n) is 0. The molecule has 0 saturated carbocycles. The van der Waals surface area contributed by atoms with Crippen LogP contribution >= 0.6 is 12.6 Å².